The Morgan fingerprint density at radius 1 is 1.36 bits per heavy atom. The van der Waals surface area contributed by atoms with E-state index < -0.39 is 0 Å². The van der Waals surface area contributed by atoms with E-state index in [1.54, 1.807) is 7.11 Å². The summed E-state index contributed by atoms with van der Waals surface area (Å²) in [6.45, 7) is 10.4. The van der Waals surface area contributed by atoms with E-state index in [1.165, 1.54) is 31.6 Å². The first-order valence-corrected chi connectivity index (χ1v) is 8.89. The zero-order valence-corrected chi connectivity index (χ0v) is 15.4. The normalized spacial score (nSPS) is 18.6. The maximum atomic E-state index is 5.63. The molecule has 1 atom stereocenters. The van der Waals surface area contributed by atoms with Crippen LogP contribution in [-0.2, 0) is 6.54 Å². The number of likely N-dealkylation sites (tertiary alicyclic amines) is 1. The van der Waals surface area contributed by atoms with E-state index in [9.17, 15) is 0 Å². The van der Waals surface area contributed by atoms with E-state index >= 15 is 0 Å². The number of nitrogens with zero attached hydrogens (tertiary/aromatic N) is 1. The Balaban J connectivity index is 1.89. The second-order valence-electron chi connectivity index (χ2n) is 5.72. The lowest BCUT2D eigenvalue weighted by Crippen LogP contribution is -2.26. The molecule has 2 rings (SSSR count). The summed E-state index contributed by atoms with van der Waals surface area (Å²) in [7, 11) is 1.68. The van der Waals surface area contributed by atoms with E-state index in [0.717, 1.165) is 35.0 Å². The number of rotatable bonds is 8. The first kappa shape index (κ1) is 17.6. The maximum absolute atomic E-state index is 5.63. The number of halogens is 1. The van der Waals surface area contributed by atoms with Crippen LogP contribution in [-0.4, -0.2) is 44.8 Å². The standard InChI is InChI=1S/C17H27BrN2O2/c1-4-20-7-6-13(12-20)10-19-11-14-8-15(18)17(22-5-2)16(9-14)21-3/h8-9,13,19H,4-7,10-12H2,1-3H3. The molecule has 0 amide bonds. The maximum Gasteiger partial charge on any atom is 0.175 e. The van der Waals surface area contributed by atoms with E-state index in [2.05, 4.69) is 45.2 Å². The highest BCUT2D eigenvalue weighted by atomic mass is 79.9. The van der Waals surface area contributed by atoms with E-state index in [0.29, 0.717) is 6.61 Å². The minimum absolute atomic E-state index is 0.627. The Hall–Kier alpha value is -0.780. The quantitative estimate of drug-likeness (QED) is 0.761. The molecule has 0 aromatic heterocycles. The summed E-state index contributed by atoms with van der Waals surface area (Å²) < 4.78 is 12.0. The number of nitrogens with one attached hydrogen (secondary N) is 1. The molecule has 22 heavy (non-hydrogen) atoms. The fourth-order valence-corrected chi connectivity index (χ4v) is 3.55. The van der Waals surface area contributed by atoms with Crippen molar-refractivity contribution in [1.29, 1.82) is 0 Å². The topological polar surface area (TPSA) is 33.7 Å². The van der Waals surface area contributed by atoms with Crippen LogP contribution in [0.2, 0.25) is 0 Å². The summed E-state index contributed by atoms with van der Waals surface area (Å²) in [6, 6.07) is 4.16. The van der Waals surface area contributed by atoms with Crippen molar-refractivity contribution in [2.45, 2.75) is 26.8 Å². The molecule has 1 fully saturated rings. The van der Waals surface area contributed by atoms with Crippen LogP contribution >= 0.6 is 15.9 Å². The van der Waals surface area contributed by atoms with Gasteiger partial charge in [-0.2, -0.15) is 0 Å². The average Bonchev–Trinajstić information content (AvgIpc) is 2.97. The molecule has 4 nitrogen and oxygen atoms in total. The summed E-state index contributed by atoms with van der Waals surface area (Å²) in [6.07, 6.45) is 1.30. The van der Waals surface area contributed by atoms with Gasteiger partial charge in [-0.15, -0.1) is 0 Å². The minimum Gasteiger partial charge on any atom is -0.493 e. The number of hydrogen-bond donors (Lipinski definition) is 1. The minimum atomic E-state index is 0.627. The van der Waals surface area contributed by atoms with Gasteiger partial charge in [-0.3, -0.25) is 0 Å². The SMILES string of the molecule is CCOc1c(Br)cc(CNCC2CCN(CC)C2)cc1OC. The molecule has 5 heteroatoms. The van der Waals surface area contributed by atoms with Gasteiger partial charge >= 0.3 is 0 Å². The monoisotopic (exact) mass is 370 g/mol. The largest absolute Gasteiger partial charge is 0.493 e. The lowest BCUT2D eigenvalue weighted by atomic mass is 10.1. The van der Waals surface area contributed by atoms with Gasteiger partial charge in [0.15, 0.2) is 11.5 Å². The van der Waals surface area contributed by atoms with Gasteiger partial charge in [-0.05, 0) is 72.5 Å². The highest BCUT2D eigenvalue weighted by Gasteiger charge is 2.20. The molecule has 0 bridgehead atoms. The molecule has 1 aliphatic heterocycles. The molecular formula is C17H27BrN2O2. The van der Waals surface area contributed by atoms with Gasteiger partial charge < -0.3 is 19.7 Å². The van der Waals surface area contributed by atoms with Gasteiger partial charge in [-0.1, -0.05) is 6.92 Å². The molecule has 124 valence electrons. The van der Waals surface area contributed by atoms with E-state index in [1.807, 2.05) is 6.92 Å². The highest BCUT2D eigenvalue weighted by Crippen LogP contribution is 2.36. The third-order valence-electron chi connectivity index (χ3n) is 4.16. The molecule has 1 heterocycles. The molecule has 1 aromatic rings. The van der Waals surface area contributed by atoms with Crippen molar-refractivity contribution in [3.8, 4) is 11.5 Å². The Labute approximate surface area is 142 Å². The van der Waals surface area contributed by atoms with Crippen molar-refractivity contribution in [1.82, 2.24) is 10.2 Å². The molecule has 0 aliphatic carbocycles. The van der Waals surface area contributed by atoms with Crippen LogP contribution in [0.1, 0.15) is 25.8 Å². The van der Waals surface area contributed by atoms with Crippen LogP contribution in [0.5, 0.6) is 11.5 Å². The summed E-state index contributed by atoms with van der Waals surface area (Å²) in [5.41, 5.74) is 1.21. The van der Waals surface area contributed by atoms with Crippen LogP contribution in [0.15, 0.2) is 16.6 Å². The Morgan fingerprint density at radius 3 is 2.82 bits per heavy atom. The number of benzene rings is 1. The third kappa shape index (κ3) is 4.61. The highest BCUT2D eigenvalue weighted by molar-refractivity contribution is 9.10. The number of ether oxygens (including phenoxy) is 2. The van der Waals surface area contributed by atoms with Crippen LogP contribution in [0, 0.1) is 5.92 Å². The summed E-state index contributed by atoms with van der Waals surface area (Å²) in [5, 5.41) is 3.57. The third-order valence-corrected chi connectivity index (χ3v) is 4.75. The van der Waals surface area contributed by atoms with E-state index in [-0.39, 0.29) is 0 Å². The fraction of sp³-hybridized carbons (Fsp3) is 0.647. The molecule has 1 aliphatic rings. The van der Waals surface area contributed by atoms with Crippen LogP contribution in [0.25, 0.3) is 0 Å². The molecule has 0 saturated carbocycles. The average molecular weight is 371 g/mol. The van der Waals surface area contributed by atoms with Crippen molar-refractivity contribution in [3.63, 3.8) is 0 Å². The zero-order valence-electron chi connectivity index (χ0n) is 13.8. The van der Waals surface area contributed by atoms with Crippen molar-refractivity contribution in [2.75, 3.05) is 39.9 Å². The van der Waals surface area contributed by atoms with Crippen molar-refractivity contribution >= 4 is 15.9 Å². The molecule has 1 saturated heterocycles. The first-order valence-electron chi connectivity index (χ1n) is 8.10. The predicted molar refractivity (Wildman–Crippen MR) is 93.8 cm³/mol. The molecular weight excluding hydrogens is 344 g/mol. The van der Waals surface area contributed by atoms with Crippen molar-refractivity contribution < 1.29 is 9.47 Å². The molecule has 1 unspecified atom stereocenters. The number of hydrogen-bond acceptors (Lipinski definition) is 4. The smallest absolute Gasteiger partial charge is 0.175 e. The summed E-state index contributed by atoms with van der Waals surface area (Å²) in [5.74, 6) is 2.34. The first-order chi connectivity index (χ1) is 10.7. The molecule has 0 spiro atoms. The second kappa shape index (κ2) is 8.75. The van der Waals surface area contributed by atoms with Gasteiger partial charge in [0.05, 0.1) is 18.2 Å². The lowest BCUT2D eigenvalue weighted by Gasteiger charge is -2.15. The van der Waals surface area contributed by atoms with Crippen LogP contribution < -0.4 is 14.8 Å². The van der Waals surface area contributed by atoms with Crippen molar-refractivity contribution in [3.05, 3.63) is 22.2 Å². The van der Waals surface area contributed by atoms with Crippen molar-refractivity contribution in [2.24, 2.45) is 5.92 Å². The van der Waals surface area contributed by atoms with Gasteiger partial charge in [0, 0.05) is 13.1 Å². The molecule has 1 N–H and O–H groups in total. The summed E-state index contributed by atoms with van der Waals surface area (Å²) in [4.78, 5) is 2.52. The molecule has 1 aromatic carbocycles. The Bertz CT molecular complexity index is 482. The zero-order chi connectivity index (χ0) is 15.9. The van der Waals surface area contributed by atoms with E-state index in [4.69, 9.17) is 9.47 Å². The number of methoxy groups -OCH3 is 1. The lowest BCUT2D eigenvalue weighted by molar-refractivity contribution is 0.308. The van der Waals surface area contributed by atoms with Gasteiger partial charge in [0.1, 0.15) is 0 Å². The van der Waals surface area contributed by atoms with Crippen LogP contribution in [0.3, 0.4) is 0 Å². The predicted octanol–water partition coefficient (Wildman–Crippen LogP) is 3.29. The van der Waals surface area contributed by atoms with Gasteiger partial charge in [0.2, 0.25) is 0 Å². The Kier molecular flexibility index (Phi) is 6.99. The van der Waals surface area contributed by atoms with Crippen LogP contribution in [0.4, 0.5) is 0 Å². The van der Waals surface area contributed by atoms with Gasteiger partial charge in [0.25, 0.3) is 0 Å². The summed E-state index contributed by atoms with van der Waals surface area (Å²) >= 11 is 3.58. The van der Waals surface area contributed by atoms with Gasteiger partial charge in [-0.25, -0.2) is 0 Å². The molecule has 0 radical (unpaired) electrons. The fourth-order valence-electron chi connectivity index (χ4n) is 2.95. The Morgan fingerprint density at radius 2 is 2.18 bits per heavy atom. The second-order valence-corrected chi connectivity index (χ2v) is 6.58.